The van der Waals surface area contributed by atoms with Crippen molar-refractivity contribution in [2.24, 2.45) is 0 Å². The molecule has 0 unspecified atom stereocenters. The zero-order valence-corrected chi connectivity index (χ0v) is 9.60. The van der Waals surface area contributed by atoms with Crippen LogP contribution in [0.4, 0.5) is 5.69 Å². The lowest BCUT2D eigenvalue weighted by Crippen LogP contribution is -1.98. The summed E-state index contributed by atoms with van der Waals surface area (Å²) in [6, 6.07) is 5.86. The van der Waals surface area contributed by atoms with Crippen molar-refractivity contribution in [2.75, 3.05) is 0 Å². The third kappa shape index (κ3) is 5.09. The largest absolute Gasteiger partial charge is 0.461 e. The number of esters is 1. The van der Waals surface area contributed by atoms with E-state index in [4.69, 9.17) is 4.74 Å². The van der Waals surface area contributed by atoms with Crippen LogP contribution in [-0.4, -0.2) is 10.9 Å². The topological polar surface area (TPSA) is 69.4 Å². The number of nitro benzene ring substituents is 1. The average Bonchev–Trinajstić information content (AvgIpc) is 2.29. The Balaban J connectivity index is 0.00000106. The molecule has 88 valence electrons. The lowest BCUT2D eigenvalue weighted by Gasteiger charge is -2.00. The Bertz CT molecular complexity index is 346. The molecule has 0 N–H and O–H groups in total. The monoisotopic (exact) mass is 225 g/mol. The number of ether oxygens (including phenoxy) is 1. The third-order valence-electron chi connectivity index (χ3n) is 1.59. The van der Waals surface area contributed by atoms with Gasteiger partial charge in [0, 0.05) is 19.1 Å². The van der Waals surface area contributed by atoms with E-state index in [0.29, 0.717) is 0 Å². The van der Waals surface area contributed by atoms with Crippen molar-refractivity contribution >= 4 is 11.7 Å². The van der Waals surface area contributed by atoms with Crippen LogP contribution in [0.5, 0.6) is 0 Å². The summed E-state index contributed by atoms with van der Waals surface area (Å²) >= 11 is 0. The first-order valence-electron chi connectivity index (χ1n) is 4.96. The van der Waals surface area contributed by atoms with Gasteiger partial charge in [-0.3, -0.25) is 14.9 Å². The van der Waals surface area contributed by atoms with Gasteiger partial charge in [-0.2, -0.15) is 0 Å². The van der Waals surface area contributed by atoms with Crippen molar-refractivity contribution < 1.29 is 14.5 Å². The summed E-state index contributed by atoms with van der Waals surface area (Å²) in [5.41, 5.74) is 0.752. The Morgan fingerprint density at radius 1 is 1.31 bits per heavy atom. The molecule has 0 aliphatic carbocycles. The van der Waals surface area contributed by atoms with Gasteiger partial charge in [-0.1, -0.05) is 13.8 Å². The minimum Gasteiger partial charge on any atom is -0.461 e. The predicted octanol–water partition coefficient (Wildman–Crippen LogP) is 2.68. The van der Waals surface area contributed by atoms with Gasteiger partial charge in [0.15, 0.2) is 0 Å². The Hall–Kier alpha value is -1.91. The van der Waals surface area contributed by atoms with E-state index in [0.717, 1.165) is 5.56 Å². The highest BCUT2D eigenvalue weighted by Gasteiger charge is 2.04. The second-order valence-corrected chi connectivity index (χ2v) is 2.70. The lowest BCUT2D eigenvalue weighted by molar-refractivity contribution is -0.384. The van der Waals surface area contributed by atoms with Crippen LogP contribution in [0.2, 0.25) is 0 Å². The van der Waals surface area contributed by atoms with Crippen LogP contribution >= 0.6 is 0 Å². The Morgan fingerprint density at radius 3 is 2.19 bits per heavy atom. The van der Waals surface area contributed by atoms with Gasteiger partial charge >= 0.3 is 5.97 Å². The normalized spacial score (nSPS) is 8.69. The van der Waals surface area contributed by atoms with E-state index in [2.05, 4.69) is 0 Å². The molecule has 5 nitrogen and oxygen atoms in total. The highest BCUT2D eigenvalue weighted by atomic mass is 16.6. The van der Waals surface area contributed by atoms with Crippen LogP contribution in [0.3, 0.4) is 0 Å². The molecule has 0 fully saturated rings. The van der Waals surface area contributed by atoms with Gasteiger partial charge < -0.3 is 4.74 Å². The highest BCUT2D eigenvalue weighted by molar-refractivity contribution is 5.65. The maximum Gasteiger partial charge on any atom is 0.302 e. The molecule has 0 heterocycles. The van der Waals surface area contributed by atoms with Crippen LogP contribution in [0, 0.1) is 10.1 Å². The molecule has 0 aliphatic rings. The molecule has 5 heteroatoms. The van der Waals surface area contributed by atoms with Crippen molar-refractivity contribution in [1.82, 2.24) is 0 Å². The number of nitrogens with zero attached hydrogens (tertiary/aromatic N) is 1. The fraction of sp³-hybridized carbons (Fsp3) is 0.364. The maximum absolute atomic E-state index is 10.5. The molecule has 0 atom stereocenters. The fourth-order valence-corrected chi connectivity index (χ4v) is 0.899. The summed E-state index contributed by atoms with van der Waals surface area (Å²) in [5, 5.41) is 10.3. The minimum atomic E-state index is -0.477. The van der Waals surface area contributed by atoms with Crippen molar-refractivity contribution in [3.63, 3.8) is 0 Å². The van der Waals surface area contributed by atoms with E-state index in [1.807, 2.05) is 13.8 Å². The molecule has 1 aromatic carbocycles. The van der Waals surface area contributed by atoms with Crippen molar-refractivity contribution in [2.45, 2.75) is 27.4 Å². The van der Waals surface area contributed by atoms with E-state index in [-0.39, 0.29) is 18.3 Å². The van der Waals surface area contributed by atoms with Crippen molar-refractivity contribution in [1.29, 1.82) is 0 Å². The Labute approximate surface area is 94.2 Å². The first-order chi connectivity index (χ1) is 7.59. The number of benzene rings is 1. The SMILES string of the molecule is CC.CC(=O)OCc1ccc([N+](=O)[O-])cc1. The molecule has 0 amide bonds. The van der Waals surface area contributed by atoms with Gasteiger partial charge in [-0.25, -0.2) is 0 Å². The number of non-ortho nitro benzene ring substituents is 1. The first-order valence-corrected chi connectivity index (χ1v) is 4.96. The Kier molecular flexibility index (Phi) is 6.51. The summed E-state index contributed by atoms with van der Waals surface area (Å²) in [6.07, 6.45) is 0. The highest BCUT2D eigenvalue weighted by Crippen LogP contribution is 2.12. The van der Waals surface area contributed by atoms with Gasteiger partial charge in [-0.05, 0) is 17.7 Å². The molecule has 0 saturated heterocycles. The van der Waals surface area contributed by atoms with Crippen molar-refractivity contribution in [3.05, 3.63) is 39.9 Å². The van der Waals surface area contributed by atoms with Gasteiger partial charge in [0.1, 0.15) is 6.61 Å². The summed E-state index contributed by atoms with van der Waals surface area (Å²) in [4.78, 5) is 20.3. The maximum atomic E-state index is 10.5. The summed E-state index contributed by atoms with van der Waals surface area (Å²) in [7, 11) is 0. The zero-order chi connectivity index (χ0) is 12.6. The predicted molar refractivity (Wildman–Crippen MR) is 59.9 cm³/mol. The Morgan fingerprint density at radius 2 is 1.81 bits per heavy atom. The van der Waals surface area contributed by atoms with E-state index in [1.54, 1.807) is 12.1 Å². The quantitative estimate of drug-likeness (QED) is 0.450. The molecule has 0 aliphatic heterocycles. The zero-order valence-electron chi connectivity index (χ0n) is 9.60. The molecule has 0 radical (unpaired) electrons. The van der Waals surface area contributed by atoms with E-state index >= 15 is 0 Å². The van der Waals surface area contributed by atoms with Crippen LogP contribution in [0.1, 0.15) is 26.3 Å². The lowest BCUT2D eigenvalue weighted by atomic mass is 10.2. The molecule has 1 rings (SSSR count). The summed E-state index contributed by atoms with van der Waals surface area (Å²) in [5.74, 6) is -0.372. The van der Waals surface area contributed by atoms with Gasteiger partial charge in [0.2, 0.25) is 0 Å². The van der Waals surface area contributed by atoms with Gasteiger partial charge in [0.25, 0.3) is 5.69 Å². The number of hydrogen-bond acceptors (Lipinski definition) is 4. The molecule has 0 bridgehead atoms. The molecule has 0 aromatic heterocycles. The number of hydrogen-bond donors (Lipinski definition) is 0. The molecular formula is C11H15NO4. The van der Waals surface area contributed by atoms with E-state index in [9.17, 15) is 14.9 Å². The molecule has 0 saturated carbocycles. The van der Waals surface area contributed by atoms with E-state index in [1.165, 1.54) is 19.1 Å². The van der Waals surface area contributed by atoms with Crippen LogP contribution < -0.4 is 0 Å². The van der Waals surface area contributed by atoms with Gasteiger partial charge in [-0.15, -0.1) is 0 Å². The second kappa shape index (κ2) is 7.39. The first kappa shape index (κ1) is 14.1. The molecule has 1 aromatic rings. The smallest absolute Gasteiger partial charge is 0.302 e. The number of carbonyl (C=O) groups is 1. The van der Waals surface area contributed by atoms with Crippen LogP contribution in [-0.2, 0) is 16.1 Å². The van der Waals surface area contributed by atoms with Crippen LogP contribution in [0.15, 0.2) is 24.3 Å². The number of nitro groups is 1. The molecule has 16 heavy (non-hydrogen) atoms. The number of carbonyl (C=O) groups excluding carboxylic acids is 1. The average molecular weight is 225 g/mol. The molecule has 0 spiro atoms. The fourth-order valence-electron chi connectivity index (χ4n) is 0.899. The second-order valence-electron chi connectivity index (χ2n) is 2.70. The van der Waals surface area contributed by atoms with Crippen molar-refractivity contribution in [3.8, 4) is 0 Å². The third-order valence-corrected chi connectivity index (χ3v) is 1.59. The van der Waals surface area contributed by atoms with Crippen LogP contribution in [0.25, 0.3) is 0 Å². The number of rotatable bonds is 3. The minimum absolute atomic E-state index is 0.0246. The summed E-state index contributed by atoms with van der Waals surface area (Å²) < 4.78 is 4.72. The standard InChI is InChI=1S/C9H9NO4.C2H6/c1-7(11)14-6-8-2-4-9(5-3-8)10(12)13;1-2/h2-5H,6H2,1H3;1-2H3. The summed E-state index contributed by atoms with van der Waals surface area (Å²) in [6.45, 7) is 5.46. The van der Waals surface area contributed by atoms with Gasteiger partial charge in [0.05, 0.1) is 4.92 Å². The van der Waals surface area contributed by atoms with E-state index < -0.39 is 4.92 Å². The molecular weight excluding hydrogens is 210 g/mol.